The highest BCUT2D eigenvalue weighted by Gasteiger charge is 2.37. The Bertz CT molecular complexity index is 1370. The summed E-state index contributed by atoms with van der Waals surface area (Å²) < 4.78 is 10.5. The maximum absolute atomic E-state index is 13.1. The molecule has 0 aliphatic heterocycles. The summed E-state index contributed by atoms with van der Waals surface area (Å²) in [6.07, 6.45) is -1.21. The fraction of sp³-hybridized carbons (Fsp3) is 0.513. The Morgan fingerprint density at radius 3 is 1.08 bits per heavy atom. The van der Waals surface area contributed by atoms with Crippen LogP contribution in [0.3, 0.4) is 0 Å². The standard InChI is InChI=1S/C39H54O9/c1-25(2)31(36(7,8)29-21-17-15-18-22-29)27(5)33(40)45-47-38(11,12)43-35(42)44-39(13,14)48-46-34(41)28(6)32(26(3)4)37(9,10)30-23-19-16-20-24-30/h15-26H,1-14H3/b31-27-,32-28-. The van der Waals surface area contributed by atoms with E-state index in [2.05, 4.69) is 0 Å². The van der Waals surface area contributed by atoms with Crippen LogP contribution in [0.15, 0.2) is 83.0 Å². The third-order valence-electron chi connectivity index (χ3n) is 8.21. The molecule has 0 unspecified atom stereocenters. The molecule has 0 heterocycles. The van der Waals surface area contributed by atoms with Crippen molar-refractivity contribution in [3.05, 3.63) is 94.1 Å². The van der Waals surface area contributed by atoms with E-state index < -0.39 is 40.5 Å². The van der Waals surface area contributed by atoms with Crippen LogP contribution in [-0.2, 0) is 49.4 Å². The maximum Gasteiger partial charge on any atom is 0.513 e. The average Bonchev–Trinajstić information content (AvgIpc) is 2.98. The summed E-state index contributed by atoms with van der Waals surface area (Å²) >= 11 is 0. The Kier molecular flexibility index (Phi) is 13.4. The van der Waals surface area contributed by atoms with E-state index in [-0.39, 0.29) is 11.8 Å². The van der Waals surface area contributed by atoms with Crippen LogP contribution in [0, 0.1) is 11.8 Å². The van der Waals surface area contributed by atoms with Gasteiger partial charge in [0, 0.05) is 49.7 Å². The van der Waals surface area contributed by atoms with Gasteiger partial charge in [-0.3, -0.25) is 9.78 Å². The van der Waals surface area contributed by atoms with E-state index in [1.165, 1.54) is 27.7 Å². The molecule has 0 aliphatic carbocycles. The monoisotopic (exact) mass is 666 g/mol. The summed E-state index contributed by atoms with van der Waals surface area (Å²) in [5.74, 6) is -4.86. The molecule has 0 bridgehead atoms. The maximum atomic E-state index is 13.1. The van der Waals surface area contributed by atoms with Crippen molar-refractivity contribution in [3.63, 3.8) is 0 Å². The van der Waals surface area contributed by atoms with Crippen LogP contribution in [0.4, 0.5) is 4.79 Å². The zero-order chi connectivity index (χ0) is 36.7. The number of benzene rings is 2. The average molecular weight is 667 g/mol. The number of hydrogen-bond acceptors (Lipinski definition) is 9. The minimum atomic E-state index is -1.73. The molecule has 0 spiro atoms. The normalized spacial score (nSPS) is 13.8. The summed E-state index contributed by atoms with van der Waals surface area (Å²) in [7, 11) is 0. The van der Waals surface area contributed by atoms with Crippen molar-refractivity contribution < 1.29 is 43.4 Å². The molecule has 2 rings (SSSR count). The van der Waals surface area contributed by atoms with E-state index in [1.54, 1.807) is 13.8 Å². The first kappa shape index (κ1) is 40.2. The molecular weight excluding hydrogens is 612 g/mol. The van der Waals surface area contributed by atoms with Crippen molar-refractivity contribution in [2.75, 3.05) is 0 Å². The zero-order valence-corrected chi connectivity index (χ0v) is 31.1. The predicted octanol–water partition coefficient (Wildman–Crippen LogP) is 9.46. The van der Waals surface area contributed by atoms with Gasteiger partial charge in [-0.1, -0.05) is 116 Å². The second kappa shape index (κ2) is 16.0. The first-order valence-electron chi connectivity index (χ1n) is 16.3. The van der Waals surface area contributed by atoms with Crippen LogP contribution < -0.4 is 0 Å². The quantitative estimate of drug-likeness (QED) is 0.0641. The second-order valence-corrected chi connectivity index (χ2v) is 14.5. The lowest BCUT2D eigenvalue weighted by molar-refractivity contribution is -0.397. The van der Waals surface area contributed by atoms with Gasteiger partial charge in [0.15, 0.2) is 0 Å². The van der Waals surface area contributed by atoms with Crippen molar-refractivity contribution in [2.45, 2.75) is 119 Å². The molecule has 0 N–H and O–H groups in total. The van der Waals surface area contributed by atoms with Gasteiger partial charge < -0.3 is 9.47 Å². The van der Waals surface area contributed by atoms with E-state index in [1.807, 2.05) is 116 Å². The molecule has 0 saturated heterocycles. The van der Waals surface area contributed by atoms with Crippen molar-refractivity contribution in [1.29, 1.82) is 0 Å². The molecule has 0 radical (unpaired) electrons. The van der Waals surface area contributed by atoms with Crippen molar-refractivity contribution in [1.82, 2.24) is 0 Å². The molecule has 9 heteroatoms. The van der Waals surface area contributed by atoms with Crippen molar-refractivity contribution in [2.24, 2.45) is 11.8 Å². The van der Waals surface area contributed by atoms with Gasteiger partial charge >= 0.3 is 18.1 Å². The number of ether oxygens (including phenoxy) is 2. The minimum absolute atomic E-state index is 0.0231. The first-order chi connectivity index (χ1) is 22.0. The molecule has 0 saturated carbocycles. The number of carbonyl (C=O) groups excluding carboxylic acids is 3. The Morgan fingerprint density at radius 2 is 0.812 bits per heavy atom. The summed E-state index contributed by atoms with van der Waals surface area (Å²) in [5.41, 5.74) is 3.68. The first-order valence-corrected chi connectivity index (χ1v) is 16.3. The Morgan fingerprint density at radius 1 is 0.521 bits per heavy atom. The fourth-order valence-corrected chi connectivity index (χ4v) is 6.35. The SMILES string of the molecule is C/C(C(=O)OOC(C)(C)OC(=O)OC(C)(C)OOC(=O)/C(C)=C(/C(C)C)C(C)(C)c1ccccc1)=C(\C(C)C)C(C)(C)c1ccccc1. The Labute approximate surface area is 286 Å². The van der Waals surface area contributed by atoms with Crippen LogP contribution in [0.2, 0.25) is 0 Å². The summed E-state index contributed by atoms with van der Waals surface area (Å²) in [4.78, 5) is 59.7. The van der Waals surface area contributed by atoms with Crippen LogP contribution in [0.5, 0.6) is 0 Å². The molecule has 9 nitrogen and oxygen atoms in total. The number of rotatable bonds is 14. The van der Waals surface area contributed by atoms with Gasteiger partial charge in [-0.25, -0.2) is 14.4 Å². The molecule has 2 aromatic rings. The van der Waals surface area contributed by atoms with E-state index >= 15 is 0 Å². The molecule has 0 atom stereocenters. The third-order valence-corrected chi connectivity index (χ3v) is 8.21. The molecule has 0 fully saturated rings. The fourth-order valence-electron chi connectivity index (χ4n) is 6.35. The van der Waals surface area contributed by atoms with E-state index in [9.17, 15) is 14.4 Å². The van der Waals surface area contributed by atoms with E-state index in [0.29, 0.717) is 11.1 Å². The third kappa shape index (κ3) is 10.5. The Balaban J connectivity index is 2.07. The van der Waals surface area contributed by atoms with E-state index in [4.69, 9.17) is 29.0 Å². The largest absolute Gasteiger partial charge is 0.513 e. The van der Waals surface area contributed by atoms with Crippen molar-refractivity contribution in [3.8, 4) is 0 Å². The Hall–Kier alpha value is -3.95. The number of carbonyl (C=O) groups is 3. The smallest absolute Gasteiger partial charge is 0.398 e. The van der Waals surface area contributed by atoms with E-state index in [0.717, 1.165) is 22.3 Å². The number of hydrogen-bond donors (Lipinski definition) is 0. The molecule has 2 aromatic carbocycles. The predicted molar refractivity (Wildman–Crippen MR) is 184 cm³/mol. The molecule has 264 valence electrons. The number of allylic oxidation sites excluding steroid dienone is 2. The van der Waals surface area contributed by atoms with Gasteiger partial charge in [0.2, 0.25) is 0 Å². The second-order valence-electron chi connectivity index (χ2n) is 14.5. The van der Waals surface area contributed by atoms with Gasteiger partial charge in [0.25, 0.3) is 11.6 Å². The van der Waals surface area contributed by atoms with Crippen LogP contribution in [0.1, 0.15) is 108 Å². The van der Waals surface area contributed by atoms with Gasteiger partial charge in [-0.05, 0) is 48.0 Å². The lowest BCUT2D eigenvalue weighted by atomic mass is 9.71. The van der Waals surface area contributed by atoms with Gasteiger partial charge in [0.1, 0.15) is 0 Å². The topological polar surface area (TPSA) is 107 Å². The molecular formula is C39H54O9. The molecule has 0 aliphatic rings. The van der Waals surface area contributed by atoms with Crippen LogP contribution in [-0.4, -0.2) is 29.7 Å². The van der Waals surface area contributed by atoms with Gasteiger partial charge in [0.05, 0.1) is 0 Å². The lowest BCUT2D eigenvalue weighted by Crippen LogP contribution is -2.38. The molecule has 48 heavy (non-hydrogen) atoms. The van der Waals surface area contributed by atoms with Gasteiger partial charge in [-0.15, -0.1) is 9.78 Å². The summed E-state index contributed by atoms with van der Waals surface area (Å²) in [5, 5.41) is 0. The summed E-state index contributed by atoms with van der Waals surface area (Å²) in [6.45, 7) is 25.1. The minimum Gasteiger partial charge on any atom is -0.398 e. The zero-order valence-electron chi connectivity index (χ0n) is 31.1. The summed E-state index contributed by atoms with van der Waals surface area (Å²) in [6, 6.07) is 19.8. The lowest BCUT2D eigenvalue weighted by Gasteiger charge is -2.33. The van der Waals surface area contributed by atoms with Gasteiger partial charge in [-0.2, -0.15) is 0 Å². The molecule has 0 aromatic heterocycles. The molecule has 0 amide bonds. The van der Waals surface area contributed by atoms with Crippen LogP contribution in [0.25, 0.3) is 0 Å². The highest BCUT2D eigenvalue weighted by molar-refractivity contribution is 5.89. The van der Waals surface area contributed by atoms with Crippen LogP contribution >= 0.6 is 0 Å². The highest BCUT2D eigenvalue weighted by Crippen LogP contribution is 2.39. The van der Waals surface area contributed by atoms with Crippen molar-refractivity contribution >= 4 is 18.1 Å². The highest BCUT2D eigenvalue weighted by atomic mass is 17.3.